The Bertz CT molecular complexity index is 990. The van der Waals surface area contributed by atoms with Crippen LogP contribution >= 0.6 is 23.2 Å². The number of halogens is 2. The van der Waals surface area contributed by atoms with Gasteiger partial charge < -0.3 is 15.0 Å². The fourth-order valence-corrected chi connectivity index (χ4v) is 4.90. The molecule has 1 unspecified atom stereocenters. The van der Waals surface area contributed by atoms with E-state index < -0.39 is 6.04 Å². The van der Waals surface area contributed by atoms with Crippen LogP contribution in [0.25, 0.3) is 0 Å². The number of nitrogens with one attached hydrogen (secondary N) is 1. The number of hydrogen-bond acceptors (Lipinski definition) is 3. The molecule has 1 atom stereocenters. The zero-order valence-electron chi connectivity index (χ0n) is 20.2. The Balaban J connectivity index is 1.82. The molecule has 0 aromatic heterocycles. The van der Waals surface area contributed by atoms with Crippen molar-refractivity contribution in [3.63, 3.8) is 0 Å². The van der Waals surface area contributed by atoms with Crippen LogP contribution in [0, 0.1) is 0 Å². The Morgan fingerprint density at radius 3 is 2.47 bits per heavy atom. The van der Waals surface area contributed by atoms with Crippen molar-refractivity contribution < 1.29 is 14.3 Å². The van der Waals surface area contributed by atoms with Gasteiger partial charge in [-0.15, -0.1) is 0 Å². The van der Waals surface area contributed by atoms with Gasteiger partial charge >= 0.3 is 0 Å². The van der Waals surface area contributed by atoms with E-state index in [2.05, 4.69) is 19.2 Å². The van der Waals surface area contributed by atoms with E-state index in [1.807, 2.05) is 31.2 Å². The molecule has 184 valence electrons. The highest BCUT2D eigenvalue weighted by molar-refractivity contribution is 6.35. The lowest BCUT2D eigenvalue weighted by atomic mass is 10.0. The molecule has 0 aliphatic heterocycles. The minimum Gasteiger partial charge on any atom is -0.483 e. The van der Waals surface area contributed by atoms with Crippen LogP contribution in [0.3, 0.4) is 0 Å². The van der Waals surface area contributed by atoms with Gasteiger partial charge in [0, 0.05) is 22.6 Å². The number of rotatable bonds is 10. The van der Waals surface area contributed by atoms with Crippen molar-refractivity contribution in [3.8, 4) is 5.75 Å². The molecule has 1 aliphatic carbocycles. The van der Waals surface area contributed by atoms with Gasteiger partial charge in [0.2, 0.25) is 5.91 Å². The highest BCUT2D eigenvalue weighted by Crippen LogP contribution is 2.27. The van der Waals surface area contributed by atoms with E-state index in [0.717, 1.165) is 36.8 Å². The minimum absolute atomic E-state index is 0.129. The van der Waals surface area contributed by atoms with Crippen molar-refractivity contribution >= 4 is 35.0 Å². The van der Waals surface area contributed by atoms with Crippen LogP contribution in [0.1, 0.15) is 69.9 Å². The van der Waals surface area contributed by atoms with Crippen LogP contribution in [0.2, 0.25) is 10.0 Å². The standard InChI is InChI=1S/C27H34Cl2N2O3/c1-4-24(27(33)30-21-9-5-6-10-21)31(16-19-13-14-20(28)15-23(19)29)26(32)17-34-25-12-8-7-11-22(25)18(2)3/h7-8,11-15,18,21,24H,4-6,9-10,16-17H2,1-3H3,(H,30,33). The fraction of sp³-hybridized carbons (Fsp3) is 0.481. The number of nitrogens with zero attached hydrogens (tertiary/aromatic N) is 1. The van der Waals surface area contributed by atoms with E-state index in [1.165, 1.54) is 0 Å². The average molecular weight is 505 g/mol. The summed E-state index contributed by atoms with van der Waals surface area (Å²) in [5.74, 6) is 0.544. The third-order valence-corrected chi connectivity index (χ3v) is 6.92. The van der Waals surface area contributed by atoms with Gasteiger partial charge in [0.25, 0.3) is 5.91 Å². The second-order valence-electron chi connectivity index (χ2n) is 9.15. The Labute approximate surface area is 212 Å². The Kier molecular flexibility index (Phi) is 9.66. The van der Waals surface area contributed by atoms with E-state index in [4.69, 9.17) is 27.9 Å². The summed E-state index contributed by atoms with van der Waals surface area (Å²) < 4.78 is 5.96. The molecule has 1 saturated carbocycles. The summed E-state index contributed by atoms with van der Waals surface area (Å²) >= 11 is 12.5. The molecule has 2 aromatic carbocycles. The molecular formula is C27H34Cl2N2O3. The average Bonchev–Trinajstić information content (AvgIpc) is 3.31. The van der Waals surface area contributed by atoms with Gasteiger partial charge in [-0.3, -0.25) is 9.59 Å². The maximum atomic E-state index is 13.5. The molecular weight excluding hydrogens is 471 g/mol. The van der Waals surface area contributed by atoms with E-state index in [9.17, 15) is 9.59 Å². The van der Waals surface area contributed by atoms with Gasteiger partial charge in [-0.05, 0) is 54.5 Å². The van der Waals surface area contributed by atoms with Crippen LogP contribution in [-0.2, 0) is 16.1 Å². The van der Waals surface area contributed by atoms with Crippen LogP contribution in [0.5, 0.6) is 5.75 Å². The molecule has 34 heavy (non-hydrogen) atoms. The van der Waals surface area contributed by atoms with Crippen molar-refractivity contribution in [3.05, 3.63) is 63.6 Å². The first-order valence-electron chi connectivity index (χ1n) is 12.1. The lowest BCUT2D eigenvalue weighted by Crippen LogP contribution is -2.52. The Morgan fingerprint density at radius 1 is 1.12 bits per heavy atom. The highest BCUT2D eigenvalue weighted by Gasteiger charge is 2.31. The molecule has 5 nitrogen and oxygen atoms in total. The minimum atomic E-state index is -0.621. The fourth-order valence-electron chi connectivity index (χ4n) is 4.43. The molecule has 0 heterocycles. The lowest BCUT2D eigenvalue weighted by molar-refractivity contribution is -0.143. The van der Waals surface area contributed by atoms with Crippen LogP contribution in [-0.4, -0.2) is 35.4 Å². The van der Waals surface area contributed by atoms with Crippen molar-refractivity contribution in [2.45, 2.75) is 77.4 Å². The summed E-state index contributed by atoms with van der Waals surface area (Å²) in [6.45, 7) is 6.11. The predicted molar refractivity (Wildman–Crippen MR) is 138 cm³/mol. The van der Waals surface area contributed by atoms with Crippen molar-refractivity contribution in [1.29, 1.82) is 0 Å². The first kappa shape index (κ1) is 26.4. The smallest absolute Gasteiger partial charge is 0.261 e. The Morgan fingerprint density at radius 2 is 1.82 bits per heavy atom. The second-order valence-corrected chi connectivity index (χ2v) is 10.00. The van der Waals surface area contributed by atoms with Crippen molar-refractivity contribution in [1.82, 2.24) is 10.2 Å². The largest absolute Gasteiger partial charge is 0.483 e. The molecule has 1 fully saturated rings. The van der Waals surface area contributed by atoms with Gasteiger partial charge in [-0.1, -0.05) is 81.1 Å². The van der Waals surface area contributed by atoms with E-state index >= 15 is 0 Å². The molecule has 0 spiro atoms. The molecule has 2 aromatic rings. The topological polar surface area (TPSA) is 58.6 Å². The maximum Gasteiger partial charge on any atom is 0.261 e. The monoisotopic (exact) mass is 504 g/mol. The van der Waals surface area contributed by atoms with Gasteiger partial charge in [0.05, 0.1) is 0 Å². The number of benzene rings is 2. The number of carbonyl (C=O) groups is 2. The maximum absolute atomic E-state index is 13.5. The highest BCUT2D eigenvalue weighted by atomic mass is 35.5. The number of carbonyl (C=O) groups excluding carboxylic acids is 2. The van der Waals surface area contributed by atoms with Crippen LogP contribution in [0.15, 0.2) is 42.5 Å². The third-order valence-electron chi connectivity index (χ3n) is 6.34. The number of amides is 2. The molecule has 7 heteroatoms. The summed E-state index contributed by atoms with van der Waals surface area (Å²) in [6, 6.07) is 12.4. The lowest BCUT2D eigenvalue weighted by Gasteiger charge is -2.31. The normalized spacial score (nSPS) is 14.8. The summed E-state index contributed by atoms with van der Waals surface area (Å²) in [7, 11) is 0. The first-order valence-corrected chi connectivity index (χ1v) is 12.8. The molecule has 1 N–H and O–H groups in total. The third kappa shape index (κ3) is 6.89. The first-order chi connectivity index (χ1) is 16.3. The van der Waals surface area contributed by atoms with Gasteiger partial charge in [-0.2, -0.15) is 0 Å². The molecule has 1 aliphatic rings. The van der Waals surface area contributed by atoms with Crippen molar-refractivity contribution in [2.75, 3.05) is 6.61 Å². The summed E-state index contributed by atoms with van der Waals surface area (Å²) in [6.07, 6.45) is 4.68. The van der Waals surface area contributed by atoms with E-state index in [-0.39, 0.29) is 36.9 Å². The predicted octanol–water partition coefficient (Wildman–Crippen LogP) is 6.36. The van der Waals surface area contributed by atoms with Crippen molar-refractivity contribution in [2.24, 2.45) is 0 Å². The molecule has 2 amide bonds. The summed E-state index contributed by atoms with van der Waals surface area (Å²) in [5.41, 5.74) is 1.77. The number of para-hydroxylation sites is 1. The summed E-state index contributed by atoms with van der Waals surface area (Å²) in [5, 5.41) is 4.13. The van der Waals surface area contributed by atoms with Crippen LogP contribution < -0.4 is 10.1 Å². The van der Waals surface area contributed by atoms with E-state index in [1.54, 1.807) is 23.1 Å². The van der Waals surface area contributed by atoms with Gasteiger partial charge in [0.1, 0.15) is 11.8 Å². The number of ether oxygens (including phenoxy) is 1. The van der Waals surface area contributed by atoms with Gasteiger partial charge in [-0.25, -0.2) is 0 Å². The van der Waals surface area contributed by atoms with Gasteiger partial charge in [0.15, 0.2) is 6.61 Å². The molecule has 0 saturated heterocycles. The SMILES string of the molecule is CCC(C(=O)NC1CCCC1)N(Cc1ccc(Cl)cc1Cl)C(=O)COc1ccccc1C(C)C. The number of hydrogen-bond donors (Lipinski definition) is 1. The Hall–Kier alpha value is -2.24. The quantitative estimate of drug-likeness (QED) is 0.409. The second kappa shape index (κ2) is 12.5. The molecule has 0 bridgehead atoms. The summed E-state index contributed by atoms with van der Waals surface area (Å²) in [4.78, 5) is 28.3. The van der Waals surface area contributed by atoms with E-state index in [0.29, 0.717) is 22.2 Å². The molecule has 0 radical (unpaired) electrons. The zero-order chi connectivity index (χ0) is 24.7. The zero-order valence-corrected chi connectivity index (χ0v) is 21.7. The van der Waals surface area contributed by atoms with Crippen LogP contribution in [0.4, 0.5) is 0 Å². The molecule has 3 rings (SSSR count).